The van der Waals surface area contributed by atoms with Crippen molar-refractivity contribution in [2.24, 2.45) is 5.73 Å². The molecule has 2 fully saturated rings. The van der Waals surface area contributed by atoms with Crippen LogP contribution in [0.25, 0.3) is 0 Å². The van der Waals surface area contributed by atoms with E-state index in [0.717, 1.165) is 11.1 Å². The number of phenols is 1. The molecule has 0 saturated carbocycles. The first-order chi connectivity index (χ1) is 39.1. The van der Waals surface area contributed by atoms with Gasteiger partial charge in [0.05, 0.1) is 51.8 Å². The maximum absolute atomic E-state index is 14.9. The fraction of sp³-hybridized carbons (Fsp3) is 0.305. The Morgan fingerprint density at radius 3 is 1.63 bits per heavy atom. The summed E-state index contributed by atoms with van der Waals surface area (Å²) >= 11 is 0. The number of carbonyl (C=O) groups is 7. The number of nitrogens with two attached hydrogens (primary N) is 1. The highest BCUT2D eigenvalue weighted by molar-refractivity contribution is 6.12. The average Bonchev–Trinajstić information content (AvgIpc) is 4.19. The molecule has 6 aromatic rings. The van der Waals surface area contributed by atoms with Crippen LogP contribution in [0.3, 0.4) is 0 Å². The predicted octanol–water partition coefficient (Wildman–Crippen LogP) is 5.44. The molecule has 2 aliphatic heterocycles. The van der Waals surface area contributed by atoms with E-state index >= 15 is 0 Å². The van der Waals surface area contributed by atoms with Gasteiger partial charge in [-0.1, -0.05) is 36.4 Å². The quantitative estimate of drug-likeness (QED) is 0.0559. The summed E-state index contributed by atoms with van der Waals surface area (Å²) in [5, 5.41) is 30.2. The van der Waals surface area contributed by atoms with Crippen LogP contribution in [-0.4, -0.2) is 143 Å². The Hall–Kier alpha value is -9.35. The molecule has 82 heavy (non-hydrogen) atoms. The predicted molar refractivity (Wildman–Crippen MR) is 295 cm³/mol. The summed E-state index contributed by atoms with van der Waals surface area (Å²) in [6.45, 7) is 8.75. The molecule has 4 heterocycles. The summed E-state index contributed by atoms with van der Waals surface area (Å²) < 4.78 is 50.1. The SMILES string of the molecule is CCOc1ccc(OC)c(F)c1C(=O)c1ccc(C(=O)N[C@@H]2CN(C(=O)OC(C)(C)C)C[C@H]2N)cc1.COc1ccc(O)c(C(=O)c2ccc(C(=O)N[C@@H]3CNC[C@H]3NC(=O)Cc3cccnc3)cc2)c1F.O=C(O)Cc1cccnc1. The largest absolute Gasteiger partial charge is 0.507 e. The molecule has 0 aliphatic carbocycles. The third-order valence-electron chi connectivity index (χ3n) is 12.5. The van der Waals surface area contributed by atoms with Gasteiger partial charge < -0.3 is 61.1 Å². The number of carboxylic acid groups (broad SMARTS) is 1. The highest BCUT2D eigenvalue weighted by Crippen LogP contribution is 2.32. The van der Waals surface area contributed by atoms with Crippen molar-refractivity contribution in [3.63, 3.8) is 0 Å². The first-order valence-electron chi connectivity index (χ1n) is 25.8. The Labute approximate surface area is 471 Å². The van der Waals surface area contributed by atoms with Crippen molar-refractivity contribution in [3.05, 3.63) is 178 Å². The molecule has 8 N–H and O–H groups in total. The average molecular weight is 1130 g/mol. The number of aliphatic carboxylic acids is 1. The van der Waals surface area contributed by atoms with Crippen LogP contribution >= 0.6 is 0 Å². The number of aromatic hydroxyl groups is 1. The minimum absolute atomic E-state index is 0.0494. The number of ether oxygens (including phenoxy) is 4. The van der Waals surface area contributed by atoms with Crippen LogP contribution < -0.4 is 41.2 Å². The molecule has 23 heteroatoms. The number of halogens is 2. The zero-order valence-electron chi connectivity index (χ0n) is 45.9. The number of likely N-dealkylation sites (tertiary alicyclic amines) is 1. The number of nitrogens with one attached hydrogen (secondary N) is 4. The molecule has 2 saturated heterocycles. The molecule has 4 aromatic carbocycles. The van der Waals surface area contributed by atoms with Crippen molar-refractivity contribution in [1.29, 1.82) is 0 Å². The van der Waals surface area contributed by atoms with Crippen molar-refractivity contribution >= 4 is 41.4 Å². The molecule has 8 rings (SSSR count). The summed E-state index contributed by atoms with van der Waals surface area (Å²) in [7, 11) is 2.57. The Morgan fingerprint density at radius 1 is 0.659 bits per heavy atom. The molecule has 432 valence electrons. The monoisotopic (exact) mass is 1130 g/mol. The smallest absolute Gasteiger partial charge is 0.410 e. The second kappa shape index (κ2) is 28.7. The molecule has 0 bridgehead atoms. The topological polar surface area (TPSA) is 300 Å². The lowest BCUT2D eigenvalue weighted by Gasteiger charge is -2.24. The van der Waals surface area contributed by atoms with Crippen LogP contribution in [0.4, 0.5) is 13.6 Å². The number of benzene rings is 4. The number of hydrogen-bond donors (Lipinski definition) is 7. The number of hydrogen-bond acceptors (Lipinski definition) is 16. The fourth-order valence-electron chi connectivity index (χ4n) is 8.51. The molecular weight excluding hydrogens is 1070 g/mol. The minimum atomic E-state index is -0.963. The van der Waals surface area contributed by atoms with Gasteiger partial charge in [0.25, 0.3) is 11.8 Å². The number of carboxylic acids is 1. The number of carbonyl (C=O) groups excluding carboxylic acids is 6. The van der Waals surface area contributed by atoms with E-state index in [1.54, 1.807) is 70.7 Å². The van der Waals surface area contributed by atoms with Crippen LogP contribution in [-0.2, 0) is 27.2 Å². The van der Waals surface area contributed by atoms with Gasteiger partial charge in [-0.05, 0) is 99.5 Å². The van der Waals surface area contributed by atoms with Crippen LogP contribution in [0.15, 0.2) is 122 Å². The summed E-state index contributed by atoms with van der Waals surface area (Å²) in [5.41, 5.74) is 7.11. The molecule has 0 unspecified atom stereocenters. The fourth-order valence-corrected chi connectivity index (χ4v) is 8.51. The van der Waals surface area contributed by atoms with E-state index in [1.165, 1.54) is 91.9 Å². The number of rotatable bonds is 17. The minimum Gasteiger partial charge on any atom is -0.507 e. The van der Waals surface area contributed by atoms with Crippen molar-refractivity contribution in [3.8, 4) is 23.0 Å². The van der Waals surface area contributed by atoms with Gasteiger partial charge in [0.1, 0.15) is 28.2 Å². The van der Waals surface area contributed by atoms with Crippen molar-refractivity contribution in [2.75, 3.05) is 47.0 Å². The molecule has 21 nitrogen and oxygen atoms in total. The standard InChI is InChI=1S/C26H25FN4O5.C26H32FN3O6.C7H7NO2/c1-36-21-9-8-20(32)23(24(21)27)25(34)16-4-6-17(7-5-16)26(35)31-19-14-29-13-18(19)30-22(33)11-15-3-2-10-28-12-15;1-6-35-19-11-12-20(34-5)22(27)21(19)23(31)15-7-9-16(10-8-15)24(32)29-18-14-30(13-17(18)28)25(33)36-26(2,3)4;9-7(10)4-6-2-1-3-8-5-6/h2-10,12,18-19,29,32H,11,13-14H2,1H3,(H,30,33)(H,31,35);7-12,17-18H,6,13-14,28H2,1-5H3,(H,29,32);1-3,5H,4H2,(H,9,10)/t18-,19-;17-,18-;/m11./s1. The summed E-state index contributed by atoms with van der Waals surface area (Å²) in [6.07, 6.45) is 6.17. The third kappa shape index (κ3) is 16.8. The Balaban J connectivity index is 0.000000225. The zero-order chi connectivity index (χ0) is 59.7. The van der Waals surface area contributed by atoms with Gasteiger partial charge in [-0.2, -0.15) is 0 Å². The number of ketones is 2. The maximum Gasteiger partial charge on any atom is 0.410 e. The molecule has 4 amide bonds. The van der Waals surface area contributed by atoms with Crippen LogP contribution in [0.5, 0.6) is 23.0 Å². The Kier molecular flexibility index (Phi) is 21.6. The van der Waals surface area contributed by atoms with Gasteiger partial charge in [-0.25, -0.2) is 13.6 Å². The lowest BCUT2D eigenvalue weighted by atomic mass is 10.00. The number of pyridine rings is 2. The molecule has 0 radical (unpaired) electrons. The van der Waals surface area contributed by atoms with E-state index in [-0.39, 0.29) is 102 Å². The number of phenolic OH excluding ortho intramolecular Hbond substituents is 1. The molecule has 0 spiro atoms. The lowest BCUT2D eigenvalue weighted by molar-refractivity contribution is -0.136. The van der Waals surface area contributed by atoms with E-state index in [1.807, 2.05) is 6.07 Å². The van der Waals surface area contributed by atoms with Gasteiger partial charge in [0, 0.05) is 79.3 Å². The van der Waals surface area contributed by atoms with Gasteiger partial charge in [0.2, 0.25) is 5.91 Å². The second-order valence-electron chi connectivity index (χ2n) is 19.7. The highest BCUT2D eigenvalue weighted by atomic mass is 19.1. The van der Waals surface area contributed by atoms with Gasteiger partial charge >= 0.3 is 12.1 Å². The maximum atomic E-state index is 14.9. The van der Waals surface area contributed by atoms with Gasteiger partial charge in [0.15, 0.2) is 34.7 Å². The van der Waals surface area contributed by atoms with Crippen molar-refractivity contribution in [2.45, 2.75) is 70.3 Å². The van der Waals surface area contributed by atoms with E-state index < -0.39 is 70.2 Å². The van der Waals surface area contributed by atoms with Crippen LogP contribution in [0, 0.1) is 11.6 Å². The van der Waals surface area contributed by atoms with E-state index in [0.29, 0.717) is 13.1 Å². The summed E-state index contributed by atoms with van der Waals surface area (Å²) in [6, 6.07) is 22.2. The first-order valence-corrected chi connectivity index (χ1v) is 25.8. The second-order valence-corrected chi connectivity index (χ2v) is 19.7. The summed E-state index contributed by atoms with van der Waals surface area (Å²) in [4.78, 5) is 95.6. The molecule has 2 aromatic heterocycles. The Morgan fingerprint density at radius 2 is 1.13 bits per heavy atom. The molecular formula is C59H64F2N8O13. The number of nitrogens with zero attached hydrogens (tertiary/aromatic N) is 3. The van der Waals surface area contributed by atoms with Gasteiger partial charge in [-0.15, -0.1) is 0 Å². The van der Waals surface area contributed by atoms with Crippen molar-refractivity contribution in [1.82, 2.24) is 36.1 Å². The van der Waals surface area contributed by atoms with Crippen LogP contribution in [0.2, 0.25) is 0 Å². The van der Waals surface area contributed by atoms with E-state index in [2.05, 4.69) is 31.2 Å². The molecule has 2 aliphatic rings. The number of methoxy groups -OCH3 is 2. The summed E-state index contributed by atoms with van der Waals surface area (Å²) in [5.74, 6) is -5.58. The normalized spacial score (nSPS) is 16.2. The number of amides is 4. The van der Waals surface area contributed by atoms with Gasteiger partial charge in [-0.3, -0.25) is 38.7 Å². The lowest BCUT2D eigenvalue weighted by Crippen LogP contribution is -2.51. The van der Waals surface area contributed by atoms with E-state index in [4.69, 9.17) is 29.8 Å². The van der Waals surface area contributed by atoms with E-state index in [9.17, 15) is 47.4 Å². The Bertz CT molecular complexity index is 3220. The third-order valence-corrected chi connectivity index (χ3v) is 12.5. The van der Waals surface area contributed by atoms with Crippen molar-refractivity contribution < 1.29 is 71.5 Å². The first kappa shape index (κ1) is 61.9. The number of aromatic nitrogens is 2. The molecule has 4 atom stereocenters. The highest BCUT2D eigenvalue weighted by Gasteiger charge is 2.37. The zero-order valence-corrected chi connectivity index (χ0v) is 45.9. The van der Waals surface area contributed by atoms with Crippen LogP contribution in [0.1, 0.15) is 91.4 Å².